The summed E-state index contributed by atoms with van der Waals surface area (Å²) in [6, 6.07) is 14.7. The van der Waals surface area contributed by atoms with E-state index in [1.165, 1.54) is 6.07 Å². The molecule has 1 amide bonds. The molecule has 0 aromatic heterocycles. The molecule has 7 nitrogen and oxygen atoms in total. The summed E-state index contributed by atoms with van der Waals surface area (Å²) in [4.78, 5) is 25.9. The molecule has 2 aromatic carbocycles. The smallest absolute Gasteiger partial charge is 0.293 e. The minimum absolute atomic E-state index is 0.0980. The molecule has 27 heavy (non-hydrogen) atoms. The summed E-state index contributed by atoms with van der Waals surface area (Å²) in [5, 5.41) is 18.2. The topological polar surface area (TPSA) is 87.5 Å². The number of benzene rings is 2. The first-order valence-corrected chi connectivity index (χ1v) is 9.26. The van der Waals surface area contributed by atoms with Gasteiger partial charge in [0.25, 0.3) is 11.6 Å². The van der Waals surface area contributed by atoms with E-state index in [1.54, 1.807) is 12.1 Å². The van der Waals surface area contributed by atoms with Gasteiger partial charge in [0.05, 0.1) is 4.92 Å². The van der Waals surface area contributed by atoms with Crippen molar-refractivity contribution in [1.82, 2.24) is 10.2 Å². The molecule has 0 spiro atoms. The fourth-order valence-corrected chi connectivity index (χ4v) is 3.91. The molecule has 2 atom stereocenters. The molecule has 0 saturated carbocycles. The quantitative estimate of drug-likeness (QED) is 0.640. The van der Waals surface area contributed by atoms with Crippen LogP contribution < -0.4 is 10.6 Å². The van der Waals surface area contributed by atoms with E-state index in [0.717, 1.165) is 24.9 Å². The second-order valence-corrected chi connectivity index (χ2v) is 7.16. The number of fused-ring (bicyclic) bond motifs is 2. The zero-order valence-corrected chi connectivity index (χ0v) is 14.9. The lowest BCUT2D eigenvalue weighted by atomic mass is 10.1. The van der Waals surface area contributed by atoms with Gasteiger partial charge in [-0.25, -0.2) is 0 Å². The van der Waals surface area contributed by atoms with Crippen LogP contribution in [0.15, 0.2) is 48.5 Å². The Balaban J connectivity index is 1.57. The van der Waals surface area contributed by atoms with E-state index in [2.05, 4.69) is 10.6 Å². The molecule has 2 aliphatic heterocycles. The molecule has 2 unspecified atom stereocenters. The monoisotopic (exact) mass is 366 g/mol. The van der Waals surface area contributed by atoms with Crippen LogP contribution in [0.3, 0.4) is 0 Å². The van der Waals surface area contributed by atoms with Gasteiger partial charge in [0.2, 0.25) is 0 Å². The Morgan fingerprint density at radius 1 is 1.11 bits per heavy atom. The first-order valence-electron chi connectivity index (χ1n) is 9.26. The molecule has 140 valence electrons. The van der Waals surface area contributed by atoms with Crippen LogP contribution in [0.2, 0.25) is 0 Å². The SMILES string of the molecule is O=C(c1ccc(Nc2ccccc2)c([N+](=O)[O-])c1)N1CCC2CCC(C1)N2. The van der Waals surface area contributed by atoms with Crippen LogP contribution in [0.1, 0.15) is 29.6 Å². The van der Waals surface area contributed by atoms with E-state index in [9.17, 15) is 14.9 Å². The number of hydrogen-bond acceptors (Lipinski definition) is 5. The van der Waals surface area contributed by atoms with Crippen molar-refractivity contribution in [2.24, 2.45) is 0 Å². The van der Waals surface area contributed by atoms with Crippen LogP contribution in [0, 0.1) is 10.1 Å². The van der Waals surface area contributed by atoms with Gasteiger partial charge in [0.1, 0.15) is 5.69 Å². The Morgan fingerprint density at radius 3 is 2.67 bits per heavy atom. The minimum Gasteiger partial charge on any atom is -0.350 e. The lowest BCUT2D eigenvalue weighted by Crippen LogP contribution is -2.39. The Kier molecular flexibility index (Phi) is 4.77. The number of carbonyl (C=O) groups excluding carboxylic acids is 1. The Labute approximate surface area is 157 Å². The largest absolute Gasteiger partial charge is 0.350 e. The molecule has 0 radical (unpaired) electrons. The van der Waals surface area contributed by atoms with Gasteiger partial charge in [-0.2, -0.15) is 0 Å². The third-order valence-electron chi connectivity index (χ3n) is 5.30. The first kappa shape index (κ1) is 17.5. The highest BCUT2D eigenvalue weighted by molar-refractivity contribution is 5.96. The summed E-state index contributed by atoms with van der Waals surface area (Å²) in [7, 11) is 0. The van der Waals surface area contributed by atoms with Gasteiger partial charge < -0.3 is 15.5 Å². The molecule has 4 rings (SSSR count). The lowest BCUT2D eigenvalue weighted by Gasteiger charge is -2.24. The van der Waals surface area contributed by atoms with Crippen molar-refractivity contribution in [3.05, 3.63) is 64.2 Å². The molecular formula is C20H22N4O3. The standard InChI is InChI=1S/C20H22N4O3/c25-20(23-11-10-16-7-8-17(13-23)21-16)14-6-9-18(19(12-14)24(26)27)22-15-4-2-1-3-5-15/h1-6,9,12,16-17,21-22H,7-8,10-11,13H2. The van der Waals surface area contributed by atoms with Gasteiger partial charge in [-0.1, -0.05) is 18.2 Å². The van der Waals surface area contributed by atoms with Gasteiger partial charge in [-0.15, -0.1) is 0 Å². The lowest BCUT2D eigenvalue weighted by molar-refractivity contribution is -0.383. The van der Waals surface area contributed by atoms with Gasteiger partial charge >= 0.3 is 0 Å². The average molecular weight is 366 g/mol. The van der Waals surface area contributed by atoms with Crippen molar-refractivity contribution in [2.45, 2.75) is 31.3 Å². The zero-order valence-electron chi connectivity index (χ0n) is 14.9. The summed E-state index contributed by atoms with van der Waals surface area (Å²) in [6.45, 7) is 1.35. The predicted molar refractivity (Wildman–Crippen MR) is 103 cm³/mol. The van der Waals surface area contributed by atoms with Crippen molar-refractivity contribution in [2.75, 3.05) is 18.4 Å². The van der Waals surface area contributed by atoms with Crippen molar-refractivity contribution in [3.63, 3.8) is 0 Å². The number of nitrogens with one attached hydrogen (secondary N) is 2. The van der Waals surface area contributed by atoms with Crippen LogP contribution in [-0.4, -0.2) is 40.9 Å². The summed E-state index contributed by atoms with van der Waals surface area (Å²) >= 11 is 0. The number of amides is 1. The van der Waals surface area contributed by atoms with E-state index in [4.69, 9.17) is 0 Å². The Bertz CT molecular complexity index is 856. The molecule has 7 heteroatoms. The molecule has 2 bridgehead atoms. The fraction of sp³-hybridized carbons (Fsp3) is 0.350. The molecule has 2 aliphatic rings. The number of nitro benzene ring substituents is 1. The van der Waals surface area contributed by atoms with Crippen LogP contribution in [0.4, 0.5) is 17.1 Å². The van der Waals surface area contributed by atoms with Crippen molar-refractivity contribution in [3.8, 4) is 0 Å². The van der Waals surface area contributed by atoms with E-state index in [-0.39, 0.29) is 11.6 Å². The number of hydrogen-bond donors (Lipinski definition) is 2. The Morgan fingerprint density at radius 2 is 1.89 bits per heavy atom. The summed E-state index contributed by atoms with van der Waals surface area (Å²) in [5.74, 6) is -0.140. The number of nitrogens with zero attached hydrogens (tertiary/aromatic N) is 2. The highest BCUT2D eigenvalue weighted by Crippen LogP contribution is 2.30. The average Bonchev–Trinajstić information content (AvgIpc) is 3.01. The van der Waals surface area contributed by atoms with Gasteiger partial charge in [-0.05, 0) is 43.5 Å². The maximum absolute atomic E-state index is 12.9. The number of nitro groups is 1. The van der Waals surface area contributed by atoms with Crippen LogP contribution in [0.5, 0.6) is 0 Å². The van der Waals surface area contributed by atoms with Gasteiger partial charge in [0, 0.05) is 42.5 Å². The van der Waals surface area contributed by atoms with Gasteiger partial charge in [0.15, 0.2) is 0 Å². The molecule has 2 N–H and O–H groups in total. The van der Waals surface area contributed by atoms with Crippen LogP contribution >= 0.6 is 0 Å². The maximum atomic E-state index is 12.9. The van der Waals surface area contributed by atoms with Crippen LogP contribution in [0.25, 0.3) is 0 Å². The summed E-state index contributed by atoms with van der Waals surface area (Å²) in [5.41, 5.74) is 1.39. The minimum atomic E-state index is -0.450. The Hall–Kier alpha value is -2.93. The second kappa shape index (κ2) is 7.36. The molecule has 0 aliphatic carbocycles. The third-order valence-corrected chi connectivity index (χ3v) is 5.30. The van der Waals surface area contributed by atoms with E-state index in [0.29, 0.717) is 36.4 Å². The molecular weight excluding hydrogens is 344 g/mol. The first-order chi connectivity index (χ1) is 13.1. The number of likely N-dealkylation sites (tertiary alicyclic amines) is 1. The number of carbonyl (C=O) groups is 1. The molecule has 2 heterocycles. The number of rotatable bonds is 4. The van der Waals surface area contributed by atoms with Crippen molar-refractivity contribution in [1.29, 1.82) is 0 Å². The fourth-order valence-electron chi connectivity index (χ4n) is 3.91. The number of para-hydroxylation sites is 1. The highest BCUT2D eigenvalue weighted by atomic mass is 16.6. The van der Waals surface area contributed by atoms with E-state index in [1.807, 2.05) is 35.2 Å². The maximum Gasteiger partial charge on any atom is 0.293 e. The van der Waals surface area contributed by atoms with Gasteiger partial charge in [-0.3, -0.25) is 14.9 Å². The second-order valence-electron chi connectivity index (χ2n) is 7.16. The zero-order chi connectivity index (χ0) is 18.8. The molecule has 2 aromatic rings. The van der Waals surface area contributed by atoms with Crippen molar-refractivity contribution >= 4 is 23.0 Å². The van der Waals surface area contributed by atoms with E-state index >= 15 is 0 Å². The van der Waals surface area contributed by atoms with Crippen LogP contribution in [-0.2, 0) is 0 Å². The van der Waals surface area contributed by atoms with Crippen molar-refractivity contribution < 1.29 is 9.72 Å². The molecule has 2 fully saturated rings. The third kappa shape index (κ3) is 3.78. The molecule has 2 saturated heterocycles. The number of anilines is 2. The van der Waals surface area contributed by atoms with E-state index < -0.39 is 4.92 Å². The summed E-state index contributed by atoms with van der Waals surface area (Å²) in [6.07, 6.45) is 3.17. The summed E-state index contributed by atoms with van der Waals surface area (Å²) < 4.78 is 0. The predicted octanol–water partition coefficient (Wildman–Crippen LogP) is 3.30. The normalized spacial score (nSPS) is 21.6. The highest BCUT2D eigenvalue weighted by Gasteiger charge is 2.32.